The zero-order valence-corrected chi connectivity index (χ0v) is 12.0. The number of carbonyl (C=O) groups is 1. The molecule has 0 unspecified atom stereocenters. The molecule has 0 aliphatic heterocycles. The van der Waals surface area contributed by atoms with E-state index >= 15 is 0 Å². The number of hydrogen-bond donors (Lipinski definition) is 2. The van der Waals surface area contributed by atoms with Crippen molar-refractivity contribution in [2.75, 3.05) is 26.5 Å². The van der Waals surface area contributed by atoms with E-state index in [9.17, 15) is 4.79 Å². The Morgan fingerprint density at radius 1 is 1.39 bits per heavy atom. The first-order valence-corrected chi connectivity index (χ1v) is 6.14. The van der Waals surface area contributed by atoms with Gasteiger partial charge in [-0.1, -0.05) is 12.1 Å². The maximum Gasteiger partial charge on any atom is 0.224 e. The van der Waals surface area contributed by atoms with Crippen LogP contribution in [0.15, 0.2) is 18.2 Å². The molecule has 0 saturated heterocycles. The highest BCUT2D eigenvalue weighted by Gasteiger charge is 2.11. The van der Waals surface area contributed by atoms with Crippen molar-refractivity contribution in [2.24, 2.45) is 0 Å². The number of nitrogens with zero attached hydrogens (tertiary/aromatic N) is 1. The normalized spacial score (nSPS) is 9.78. The lowest BCUT2D eigenvalue weighted by Gasteiger charge is -2.18. The SMILES string of the molecule is CNC(=O)Cc1c(C)cccc1NC(=S)N(C)C. The highest BCUT2D eigenvalue weighted by atomic mass is 32.1. The van der Waals surface area contributed by atoms with Crippen molar-refractivity contribution in [2.45, 2.75) is 13.3 Å². The molecule has 5 heteroatoms. The molecule has 0 atom stereocenters. The molecule has 0 heterocycles. The first kappa shape index (κ1) is 14.4. The predicted molar refractivity (Wildman–Crippen MR) is 78.9 cm³/mol. The van der Waals surface area contributed by atoms with Gasteiger partial charge in [0.15, 0.2) is 5.11 Å². The van der Waals surface area contributed by atoms with Gasteiger partial charge >= 0.3 is 0 Å². The molecule has 1 aromatic rings. The van der Waals surface area contributed by atoms with Gasteiger partial charge in [-0.25, -0.2) is 0 Å². The van der Waals surface area contributed by atoms with Crippen molar-refractivity contribution in [3.05, 3.63) is 29.3 Å². The second-order valence-electron chi connectivity index (χ2n) is 4.28. The monoisotopic (exact) mass is 265 g/mol. The number of hydrogen-bond acceptors (Lipinski definition) is 2. The van der Waals surface area contributed by atoms with Gasteiger partial charge in [0.25, 0.3) is 0 Å². The summed E-state index contributed by atoms with van der Waals surface area (Å²) in [6, 6.07) is 5.87. The van der Waals surface area contributed by atoms with Gasteiger partial charge in [-0.15, -0.1) is 0 Å². The highest BCUT2D eigenvalue weighted by molar-refractivity contribution is 7.80. The van der Waals surface area contributed by atoms with E-state index in [0.29, 0.717) is 11.5 Å². The van der Waals surface area contributed by atoms with Crippen LogP contribution in [0.2, 0.25) is 0 Å². The Morgan fingerprint density at radius 2 is 2.06 bits per heavy atom. The van der Waals surface area contributed by atoms with E-state index in [2.05, 4.69) is 10.6 Å². The molecule has 1 rings (SSSR count). The first-order chi connectivity index (χ1) is 8.45. The van der Waals surface area contributed by atoms with Crippen molar-refractivity contribution in [1.82, 2.24) is 10.2 Å². The lowest BCUT2D eigenvalue weighted by molar-refractivity contribution is -0.119. The largest absolute Gasteiger partial charge is 0.359 e. The third-order valence-corrected chi connectivity index (χ3v) is 3.14. The second kappa shape index (κ2) is 6.35. The number of nitrogens with one attached hydrogen (secondary N) is 2. The smallest absolute Gasteiger partial charge is 0.224 e. The summed E-state index contributed by atoms with van der Waals surface area (Å²) in [6.07, 6.45) is 0.349. The van der Waals surface area contributed by atoms with E-state index in [0.717, 1.165) is 16.8 Å². The molecule has 0 aliphatic carbocycles. The molecular weight excluding hydrogens is 246 g/mol. The van der Waals surface area contributed by atoms with Crippen molar-refractivity contribution >= 4 is 28.9 Å². The molecule has 0 radical (unpaired) electrons. The Hall–Kier alpha value is -1.62. The van der Waals surface area contributed by atoms with E-state index in [4.69, 9.17) is 12.2 Å². The quantitative estimate of drug-likeness (QED) is 0.814. The van der Waals surface area contributed by atoms with E-state index < -0.39 is 0 Å². The number of likely N-dealkylation sites (N-methyl/N-ethyl adjacent to an activating group) is 1. The van der Waals surface area contributed by atoms with Crippen LogP contribution < -0.4 is 10.6 Å². The van der Waals surface area contributed by atoms with E-state index in [1.54, 1.807) is 7.05 Å². The van der Waals surface area contributed by atoms with E-state index in [-0.39, 0.29) is 5.91 Å². The summed E-state index contributed by atoms with van der Waals surface area (Å²) in [7, 11) is 5.39. The summed E-state index contributed by atoms with van der Waals surface area (Å²) < 4.78 is 0. The van der Waals surface area contributed by atoms with Crippen LogP contribution in [0.4, 0.5) is 5.69 Å². The molecule has 0 bridgehead atoms. The Morgan fingerprint density at radius 3 is 2.61 bits per heavy atom. The minimum atomic E-state index is -0.0110. The summed E-state index contributed by atoms with van der Waals surface area (Å²) in [4.78, 5) is 13.3. The van der Waals surface area contributed by atoms with Crippen molar-refractivity contribution in [1.29, 1.82) is 0 Å². The van der Waals surface area contributed by atoms with Crippen molar-refractivity contribution < 1.29 is 4.79 Å². The molecule has 18 heavy (non-hydrogen) atoms. The lowest BCUT2D eigenvalue weighted by Crippen LogP contribution is -2.28. The van der Waals surface area contributed by atoms with Crippen LogP contribution in [-0.2, 0) is 11.2 Å². The number of aryl methyl sites for hydroxylation is 1. The van der Waals surface area contributed by atoms with Crippen LogP contribution in [0.1, 0.15) is 11.1 Å². The molecule has 0 aromatic heterocycles. The maximum absolute atomic E-state index is 11.5. The van der Waals surface area contributed by atoms with Crippen LogP contribution in [0.25, 0.3) is 0 Å². The summed E-state index contributed by atoms with van der Waals surface area (Å²) in [5.74, 6) is -0.0110. The molecule has 1 aromatic carbocycles. The number of amides is 1. The molecule has 0 saturated carbocycles. The maximum atomic E-state index is 11.5. The number of rotatable bonds is 3. The molecule has 0 fully saturated rings. The van der Waals surface area contributed by atoms with Gasteiger partial charge in [0.1, 0.15) is 0 Å². The van der Waals surface area contributed by atoms with Gasteiger partial charge in [0.05, 0.1) is 6.42 Å². The summed E-state index contributed by atoms with van der Waals surface area (Å²) in [5, 5.41) is 6.42. The highest BCUT2D eigenvalue weighted by Crippen LogP contribution is 2.20. The molecule has 0 aliphatic rings. The third kappa shape index (κ3) is 3.70. The average Bonchev–Trinajstić information content (AvgIpc) is 2.33. The zero-order chi connectivity index (χ0) is 13.7. The van der Waals surface area contributed by atoms with Gasteiger partial charge in [-0.2, -0.15) is 0 Å². The van der Waals surface area contributed by atoms with Gasteiger partial charge in [-0.3, -0.25) is 4.79 Å². The Bertz CT molecular complexity index is 458. The van der Waals surface area contributed by atoms with Gasteiger partial charge in [0.2, 0.25) is 5.91 Å². The molecule has 1 amide bonds. The summed E-state index contributed by atoms with van der Waals surface area (Å²) >= 11 is 5.22. The minimum Gasteiger partial charge on any atom is -0.359 e. The van der Waals surface area contributed by atoms with Crippen molar-refractivity contribution in [3.8, 4) is 0 Å². The topological polar surface area (TPSA) is 44.4 Å². The second-order valence-corrected chi connectivity index (χ2v) is 4.66. The minimum absolute atomic E-state index is 0.0110. The number of thiocarbonyl (C=S) groups is 1. The number of carbonyl (C=O) groups excluding carboxylic acids is 1. The molecular formula is C13H19N3OS. The van der Waals surface area contributed by atoms with Gasteiger partial charge < -0.3 is 15.5 Å². The first-order valence-electron chi connectivity index (χ1n) is 5.73. The average molecular weight is 265 g/mol. The Balaban J connectivity index is 3.00. The third-order valence-electron chi connectivity index (χ3n) is 2.67. The Labute approximate surface area is 113 Å². The lowest BCUT2D eigenvalue weighted by atomic mass is 10.0. The fraction of sp³-hybridized carbons (Fsp3) is 0.385. The van der Waals surface area contributed by atoms with Crippen LogP contribution >= 0.6 is 12.2 Å². The van der Waals surface area contributed by atoms with Crippen LogP contribution in [-0.4, -0.2) is 37.1 Å². The van der Waals surface area contributed by atoms with E-state index in [1.807, 2.05) is 44.1 Å². The molecule has 0 spiro atoms. The number of benzene rings is 1. The van der Waals surface area contributed by atoms with Crippen LogP contribution in [0, 0.1) is 6.92 Å². The van der Waals surface area contributed by atoms with E-state index in [1.165, 1.54) is 0 Å². The summed E-state index contributed by atoms with van der Waals surface area (Å²) in [6.45, 7) is 1.99. The van der Waals surface area contributed by atoms with Crippen molar-refractivity contribution in [3.63, 3.8) is 0 Å². The number of anilines is 1. The molecule has 2 N–H and O–H groups in total. The fourth-order valence-electron chi connectivity index (χ4n) is 1.53. The van der Waals surface area contributed by atoms with Crippen LogP contribution in [0.3, 0.4) is 0 Å². The molecule has 4 nitrogen and oxygen atoms in total. The Kier molecular flexibility index (Phi) is 5.09. The zero-order valence-electron chi connectivity index (χ0n) is 11.2. The summed E-state index contributed by atoms with van der Waals surface area (Å²) in [5.41, 5.74) is 2.93. The van der Waals surface area contributed by atoms with Gasteiger partial charge in [-0.05, 0) is 36.3 Å². The fourth-order valence-corrected chi connectivity index (χ4v) is 1.64. The van der Waals surface area contributed by atoms with Crippen LogP contribution in [0.5, 0.6) is 0 Å². The standard InChI is InChI=1S/C13H19N3OS/c1-9-6-5-7-11(15-13(18)16(3)4)10(9)8-12(17)14-2/h5-7H,8H2,1-4H3,(H,14,17)(H,15,18). The molecule has 98 valence electrons. The van der Waals surface area contributed by atoms with Gasteiger partial charge in [0, 0.05) is 26.8 Å². The predicted octanol–water partition coefficient (Wildman–Crippen LogP) is 1.54.